The van der Waals surface area contributed by atoms with E-state index in [-0.39, 0.29) is 41.8 Å². The van der Waals surface area contributed by atoms with Gasteiger partial charge in [-0.15, -0.1) is 0 Å². The minimum atomic E-state index is -0.988. The topological polar surface area (TPSA) is 109 Å². The van der Waals surface area contributed by atoms with Gasteiger partial charge in [-0.1, -0.05) is 6.92 Å². The fourth-order valence-corrected chi connectivity index (χ4v) is 6.28. The zero-order chi connectivity index (χ0) is 22.3. The van der Waals surface area contributed by atoms with Gasteiger partial charge in [-0.2, -0.15) is 0 Å². The Balaban J connectivity index is 1.82. The van der Waals surface area contributed by atoms with Gasteiger partial charge in [0.2, 0.25) is 5.78 Å². The summed E-state index contributed by atoms with van der Waals surface area (Å²) in [4.78, 5) is 51.2. The van der Waals surface area contributed by atoms with Crippen molar-refractivity contribution in [2.75, 3.05) is 13.7 Å². The first-order valence-corrected chi connectivity index (χ1v) is 10.5. The average Bonchev–Trinajstić information content (AvgIpc) is 3.27. The van der Waals surface area contributed by atoms with E-state index in [1.165, 1.54) is 20.3 Å². The lowest BCUT2D eigenvalue weighted by molar-refractivity contribution is -0.149. The molecule has 8 nitrogen and oxygen atoms in total. The molecule has 4 aliphatic rings. The highest BCUT2D eigenvalue weighted by Gasteiger charge is 2.64. The normalized spacial score (nSPS) is 36.0. The van der Waals surface area contributed by atoms with Crippen LogP contribution < -0.4 is 0 Å². The number of esters is 2. The van der Waals surface area contributed by atoms with Crippen LogP contribution in [0, 0.1) is 11.3 Å². The molecule has 0 amide bonds. The van der Waals surface area contributed by atoms with Gasteiger partial charge in [-0.25, -0.2) is 4.79 Å². The zero-order valence-corrected chi connectivity index (χ0v) is 17.9. The summed E-state index contributed by atoms with van der Waals surface area (Å²) < 4.78 is 22.4. The second-order valence-corrected chi connectivity index (χ2v) is 9.30. The summed E-state index contributed by atoms with van der Waals surface area (Å²) >= 11 is 0. The molecule has 0 saturated heterocycles. The molecule has 5 rings (SSSR count). The lowest BCUT2D eigenvalue weighted by atomic mass is 9.54. The Labute approximate surface area is 178 Å². The first-order chi connectivity index (χ1) is 14.6. The summed E-state index contributed by atoms with van der Waals surface area (Å²) in [6.07, 6.45) is 0.906. The molecule has 1 unspecified atom stereocenters. The number of methoxy groups -OCH3 is 1. The number of hydrogen-bond donors (Lipinski definition) is 0. The van der Waals surface area contributed by atoms with Gasteiger partial charge in [0.05, 0.1) is 12.0 Å². The van der Waals surface area contributed by atoms with Crippen molar-refractivity contribution in [3.63, 3.8) is 0 Å². The molecule has 1 fully saturated rings. The number of cyclic esters (lactones) is 1. The number of Topliss-reactive ketones (excluding diaryl/α,β-unsaturated/α-hetero) is 2. The molecular weight excluding hydrogens is 404 g/mol. The van der Waals surface area contributed by atoms with Gasteiger partial charge in [0.15, 0.2) is 5.76 Å². The maximum atomic E-state index is 13.7. The molecule has 0 aromatic carbocycles. The second kappa shape index (κ2) is 6.38. The van der Waals surface area contributed by atoms with E-state index in [4.69, 9.17) is 18.6 Å². The number of hydrogen-bond acceptors (Lipinski definition) is 8. The molecule has 1 saturated carbocycles. The number of fused-ring (bicyclic) bond motifs is 3. The van der Waals surface area contributed by atoms with Crippen LogP contribution in [0.4, 0.5) is 0 Å². The largest absolute Gasteiger partial charge is 0.460 e. The summed E-state index contributed by atoms with van der Waals surface area (Å²) in [6.45, 7) is 5.11. The van der Waals surface area contributed by atoms with Gasteiger partial charge >= 0.3 is 11.9 Å². The number of carbonyl (C=O) groups excluding carboxylic acids is 4. The van der Waals surface area contributed by atoms with E-state index in [1.54, 1.807) is 0 Å². The first kappa shape index (κ1) is 20.2. The Morgan fingerprint density at radius 3 is 2.68 bits per heavy atom. The van der Waals surface area contributed by atoms with Crippen LogP contribution in [0.15, 0.2) is 21.8 Å². The van der Waals surface area contributed by atoms with Crippen molar-refractivity contribution in [1.82, 2.24) is 0 Å². The van der Waals surface area contributed by atoms with Crippen LogP contribution in [-0.4, -0.2) is 49.4 Å². The second-order valence-electron chi connectivity index (χ2n) is 9.30. The van der Waals surface area contributed by atoms with Crippen LogP contribution >= 0.6 is 0 Å². The number of rotatable bonds is 3. The standard InChI is InChI=1S/C23H24O8/c1-10(24)30-13-7-22(2)12(5-6-14(22)25)16-18(13)23(3)15(9-28-4)31-21(27)11-8-29-20(17(11)23)19(16)26/h8,12-13,15H,5-7,9H2,1-4H3/t12-,13+,15+,22?,23-/m0/s1. The van der Waals surface area contributed by atoms with Crippen molar-refractivity contribution in [1.29, 1.82) is 0 Å². The third-order valence-electron chi connectivity index (χ3n) is 7.70. The molecule has 31 heavy (non-hydrogen) atoms. The number of allylic oxidation sites excluding steroid dienone is 1. The molecule has 164 valence electrons. The summed E-state index contributed by atoms with van der Waals surface area (Å²) in [5.74, 6) is -1.58. The van der Waals surface area contributed by atoms with Crippen molar-refractivity contribution < 1.29 is 37.8 Å². The SMILES string of the molecule is COC[C@H]1OC(=O)c2coc3c2[C@@]1(C)C1=C(C3=O)[C@@H]2CCC(=O)C2(C)C[C@H]1OC(C)=O. The predicted molar refractivity (Wildman–Crippen MR) is 105 cm³/mol. The Kier molecular flexibility index (Phi) is 4.16. The van der Waals surface area contributed by atoms with Gasteiger partial charge in [0.1, 0.15) is 29.8 Å². The van der Waals surface area contributed by atoms with E-state index in [0.717, 1.165) is 0 Å². The van der Waals surface area contributed by atoms with Crippen LogP contribution in [0.25, 0.3) is 0 Å². The van der Waals surface area contributed by atoms with Crippen molar-refractivity contribution in [3.05, 3.63) is 34.3 Å². The van der Waals surface area contributed by atoms with Gasteiger partial charge in [-0.3, -0.25) is 14.4 Å². The summed E-state index contributed by atoms with van der Waals surface area (Å²) in [5, 5.41) is 0. The van der Waals surface area contributed by atoms with Crippen molar-refractivity contribution in [2.45, 2.75) is 57.7 Å². The smallest absolute Gasteiger partial charge is 0.342 e. The van der Waals surface area contributed by atoms with E-state index < -0.39 is 35.0 Å². The van der Waals surface area contributed by atoms with E-state index in [9.17, 15) is 19.2 Å². The Bertz CT molecular complexity index is 1080. The van der Waals surface area contributed by atoms with Crippen LogP contribution in [0.2, 0.25) is 0 Å². The monoisotopic (exact) mass is 428 g/mol. The molecule has 0 spiro atoms. The summed E-state index contributed by atoms with van der Waals surface area (Å²) in [6, 6.07) is 0. The van der Waals surface area contributed by atoms with Crippen LogP contribution in [-0.2, 0) is 29.2 Å². The number of ketones is 2. The third kappa shape index (κ3) is 2.39. The van der Waals surface area contributed by atoms with E-state index in [1.807, 2.05) is 13.8 Å². The average molecular weight is 428 g/mol. The minimum Gasteiger partial charge on any atom is -0.460 e. The highest BCUT2D eigenvalue weighted by molar-refractivity contribution is 6.14. The maximum absolute atomic E-state index is 13.7. The van der Waals surface area contributed by atoms with Crippen molar-refractivity contribution in [2.24, 2.45) is 11.3 Å². The molecule has 1 aliphatic heterocycles. The van der Waals surface area contributed by atoms with E-state index >= 15 is 0 Å². The van der Waals surface area contributed by atoms with Crippen LogP contribution in [0.5, 0.6) is 0 Å². The van der Waals surface area contributed by atoms with Gasteiger partial charge < -0.3 is 18.6 Å². The molecule has 0 bridgehead atoms. The number of furan rings is 1. The van der Waals surface area contributed by atoms with Crippen molar-refractivity contribution in [3.8, 4) is 0 Å². The number of carbonyl (C=O) groups is 4. The molecule has 1 aromatic heterocycles. The molecule has 2 heterocycles. The maximum Gasteiger partial charge on any atom is 0.342 e. The molecule has 5 atom stereocenters. The summed E-state index contributed by atoms with van der Waals surface area (Å²) in [7, 11) is 1.50. The molecule has 3 aliphatic carbocycles. The Hall–Kier alpha value is -2.74. The minimum absolute atomic E-state index is 0.0635. The fraction of sp³-hybridized carbons (Fsp3) is 0.565. The zero-order valence-electron chi connectivity index (χ0n) is 17.9. The molecule has 0 N–H and O–H groups in total. The molecule has 8 heteroatoms. The highest BCUT2D eigenvalue weighted by Crippen LogP contribution is 2.61. The highest BCUT2D eigenvalue weighted by atomic mass is 16.6. The van der Waals surface area contributed by atoms with Crippen molar-refractivity contribution >= 4 is 23.5 Å². The third-order valence-corrected chi connectivity index (χ3v) is 7.70. The first-order valence-electron chi connectivity index (χ1n) is 10.5. The lowest BCUT2D eigenvalue weighted by Crippen LogP contribution is -2.57. The van der Waals surface area contributed by atoms with Gasteiger partial charge in [0.25, 0.3) is 0 Å². The lowest BCUT2D eigenvalue weighted by Gasteiger charge is -2.51. The van der Waals surface area contributed by atoms with E-state index in [2.05, 4.69) is 0 Å². The van der Waals surface area contributed by atoms with Crippen LogP contribution in [0.3, 0.4) is 0 Å². The predicted octanol–water partition coefficient (Wildman–Crippen LogP) is 2.54. The number of ether oxygens (including phenoxy) is 3. The van der Waals surface area contributed by atoms with Gasteiger partial charge in [-0.05, 0) is 18.9 Å². The Morgan fingerprint density at radius 1 is 1.26 bits per heavy atom. The summed E-state index contributed by atoms with van der Waals surface area (Å²) in [5.41, 5.74) is -0.0741. The molecular formula is C23H24O8. The van der Waals surface area contributed by atoms with Crippen LogP contribution in [0.1, 0.15) is 66.5 Å². The quantitative estimate of drug-likeness (QED) is 0.676. The molecule has 1 aromatic rings. The van der Waals surface area contributed by atoms with E-state index in [0.29, 0.717) is 29.6 Å². The Morgan fingerprint density at radius 2 is 2.00 bits per heavy atom. The van der Waals surface area contributed by atoms with Gasteiger partial charge in [0, 0.05) is 49.3 Å². The molecule has 0 radical (unpaired) electrons. The fourth-order valence-electron chi connectivity index (χ4n) is 6.28.